The summed E-state index contributed by atoms with van der Waals surface area (Å²) in [6, 6.07) is 17.0. The van der Waals surface area contributed by atoms with E-state index in [0.29, 0.717) is 11.8 Å². The van der Waals surface area contributed by atoms with Gasteiger partial charge in [0.2, 0.25) is 0 Å². The second-order valence-electron chi connectivity index (χ2n) is 11.8. The van der Waals surface area contributed by atoms with Gasteiger partial charge in [0.1, 0.15) is 5.82 Å². The molecule has 2 aliphatic rings. The van der Waals surface area contributed by atoms with Gasteiger partial charge in [-0.1, -0.05) is 55.3 Å². The van der Waals surface area contributed by atoms with Crippen molar-refractivity contribution in [3.05, 3.63) is 71.5 Å². The van der Waals surface area contributed by atoms with Crippen LogP contribution in [0.4, 0.5) is 4.39 Å². The zero-order valence-electron chi connectivity index (χ0n) is 25.0. The summed E-state index contributed by atoms with van der Waals surface area (Å²) in [6.45, 7) is 2.13. The molecule has 1 heterocycles. The van der Waals surface area contributed by atoms with E-state index in [1.807, 2.05) is 30.3 Å². The Kier molecular flexibility index (Phi) is 10.2. The summed E-state index contributed by atoms with van der Waals surface area (Å²) in [7, 11) is 6.92. The van der Waals surface area contributed by atoms with E-state index in [-0.39, 0.29) is 42.8 Å². The van der Waals surface area contributed by atoms with Crippen molar-refractivity contribution in [2.45, 2.75) is 75.5 Å². The molecule has 8 heteroatoms. The zero-order chi connectivity index (χ0) is 29.6. The minimum Gasteiger partial charge on any atom is -0.469 e. The molecule has 0 radical (unpaired) electrons. The molecular formula is C33H44FN3O4. The Labute approximate surface area is 243 Å². The lowest BCUT2D eigenvalue weighted by Gasteiger charge is -2.42. The van der Waals surface area contributed by atoms with Gasteiger partial charge in [0.15, 0.2) is 5.54 Å². The Morgan fingerprint density at radius 2 is 1.66 bits per heavy atom. The maximum Gasteiger partial charge on any atom is 0.335 e. The molecule has 1 saturated carbocycles. The zero-order valence-corrected chi connectivity index (χ0v) is 25.0. The summed E-state index contributed by atoms with van der Waals surface area (Å²) in [5.74, 6) is -0.155. The van der Waals surface area contributed by atoms with Crippen LogP contribution in [0.25, 0.3) is 0 Å². The van der Waals surface area contributed by atoms with E-state index in [2.05, 4.69) is 43.0 Å². The van der Waals surface area contributed by atoms with Gasteiger partial charge in [-0.15, -0.1) is 0 Å². The van der Waals surface area contributed by atoms with Gasteiger partial charge in [-0.3, -0.25) is 9.79 Å². The van der Waals surface area contributed by atoms with Gasteiger partial charge in [0.05, 0.1) is 32.6 Å². The number of hydrogen-bond acceptors (Lipinski definition) is 7. The van der Waals surface area contributed by atoms with Gasteiger partial charge in [-0.2, -0.15) is 0 Å². The highest BCUT2D eigenvalue weighted by atomic mass is 19.1. The molecule has 41 heavy (non-hydrogen) atoms. The fourth-order valence-corrected chi connectivity index (χ4v) is 6.97. The third-order valence-corrected chi connectivity index (χ3v) is 9.20. The van der Waals surface area contributed by atoms with E-state index >= 15 is 0 Å². The normalized spacial score (nSPS) is 25.6. The van der Waals surface area contributed by atoms with E-state index in [0.717, 1.165) is 43.2 Å². The van der Waals surface area contributed by atoms with Gasteiger partial charge in [0, 0.05) is 12.5 Å². The van der Waals surface area contributed by atoms with Crippen LogP contribution >= 0.6 is 0 Å². The van der Waals surface area contributed by atoms with Crippen molar-refractivity contribution in [2.24, 2.45) is 16.8 Å². The number of carbonyl (C=O) groups excluding carboxylic acids is 2. The fraction of sp³-hybridized carbons (Fsp3) is 0.545. The molecule has 4 atom stereocenters. The Bertz CT molecular complexity index is 1180. The molecule has 0 spiro atoms. The van der Waals surface area contributed by atoms with Crippen LogP contribution in [0.1, 0.15) is 75.1 Å². The van der Waals surface area contributed by atoms with Crippen LogP contribution in [0, 0.1) is 17.7 Å². The summed E-state index contributed by atoms with van der Waals surface area (Å²) >= 11 is 0. The van der Waals surface area contributed by atoms with Gasteiger partial charge in [0.25, 0.3) is 0 Å². The van der Waals surface area contributed by atoms with Gasteiger partial charge >= 0.3 is 11.9 Å². The van der Waals surface area contributed by atoms with Crippen LogP contribution in [0.3, 0.4) is 0 Å². The van der Waals surface area contributed by atoms with Crippen LogP contribution in [0.15, 0.2) is 59.6 Å². The van der Waals surface area contributed by atoms with Crippen molar-refractivity contribution in [2.75, 3.05) is 28.3 Å². The molecule has 7 nitrogen and oxygen atoms in total. The minimum absolute atomic E-state index is 0.0115. The molecule has 222 valence electrons. The predicted molar refractivity (Wildman–Crippen MR) is 158 cm³/mol. The van der Waals surface area contributed by atoms with E-state index in [1.165, 1.54) is 14.2 Å². The number of benzene rings is 2. The SMILES string of the molecule is COC(=O)CCC1(C(=O)OC)N=CN(C(C)c2ccccc2)C1CC1CCC(C(c2ccc(F)cc2)N(C)C)CC1. The van der Waals surface area contributed by atoms with Crippen molar-refractivity contribution in [1.82, 2.24) is 9.80 Å². The second-order valence-corrected chi connectivity index (χ2v) is 11.8. The summed E-state index contributed by atoms with van der Waals surface area (Å²) in [6.07, 6.45) is 7.00. The first kappa shape index (κ1) is 30.7. The standard InChI is InChI=1S/C33H44FN3O4/c1-23(25-9-7-6-8-10-25)37-22-35-33(32(39)41-5,20-19-30(38)40-4)29(37)21-24-11-13-26(14-12-24)31(36(2)3)27-15-17-28(34)18-16-27/h6-10,15-18,22-24,26,29,31H,11-14,19-21H2,1-5H3. The number of rotatable bonds is 11. The van der Waals surface area contributed by atoms with Crippen molar-refractivity contribution in [1.29, 1.82) is 0 Å². The number of ether oxygens (including phenoxy) is 2. The first-order chi connectivity index (χ1) is 19.7. The predicted octanol–water partition coefficient (Wildman–Crippen LogP) is 5.96. The summed E-state index contributed by atoms with van der Waals surface area (Å²) in [5, 5.41) is 0. The number of carbonyl (C=O) groups is 2. The molecular weight excluding hydrogens is 521 g/mol. The van der Waals surface area contributed by atoms with Crippen LogP contribution in [-0.2, 0) is 19.1 Å². The highest BCUT2D eigenvalue weighted by Gasteiger charge is 2.54. The van der Waals surface area contributed by atoms with Crippen LogP contribution in [0.5, 0.6) is 0 Å². The number of methoxy groups -OCH3 is 2. The van der Waals surface area contributed by atoms with Crippen molar-refractivity contribution in [3.8, 4) is 0 Å². The quantitative estimate of drug-likeness (QED) is 0.313. The molecule has 1 fully saturated rings. The molecule has 1 aliphatic heterocycles. The minimum atomic E-state index is -1.18. The number of aliphatic imine (C=N–C) groups is 1. The molecule has 0 amide bonds. The third-order valence-electron chi connectivity index (χ3n) is 9.20. The van der Waals surface area contributed by atoms with E-state index in [9.17, 15) is 14.0 Å². The summed E-state index contributed by atoms with van der Waals surface area (Å²) in [5.41, 5.74) is 1.09. The van der Waals surface area contributed by atoms with Crippen LogP contribution < -0.4 is 0 Å². The topological polar surface area (TPSA) is 71.4 Å². The molecule has 1 aliphatic carbocycles. The highest BCUT2D eigenvalue weighted by molar-refractivity contribution is 5.87. The Morgan fingerprint density at radius 1 is 1.00 bits per heavy atom. The molecule has 0 N–H and O–H groups in total. The maximum absolute atomic E-state index is 13.6. The lowest BCUT2D eigenvalue weighted by Crippen LogP contribution is -2.53. The van der Waals surface area contributed by atoms with Gasteiger partial charge in [-0.25, -0.2) is 9.18 Å². The van der Waals surface area contributed by atoms with Crippen molar-refractivity contribution >= 4 is 18.3 Å². The van der Waals surface area contributed by atoms with Gasteiger partial charge < -0.3 is 19.3 Å². The number of halogens is 1. The number of hydrogen-bond donors (Lipinski definition) is 0. The lowest BCUT2D eigenvalue weighted by molar-refractivity contribution is -0.150. The Morgan fingerprint density at radius 3 is 2.24 bits per heavy atom. The first-order valence-corrected chi connectivity index (χ1v) is 14.6. The Hall–Kier alpha value is -3.26. The highest BCUT2D eigenvalue weighted by Crippen LogP contribution is 2.45. The van der Waals surface area contributed by atoms with E-state index in [1.54, 1.807) is 18.5 Å². The third kappa shape index (κ3) is 6.80. The van der Waals surface area contributed by atoms with Crippen LogP contribution in [0.2, 0.25) is 0 Å². The van der Waals surface area contributed by atoms with Crippen molar-refractivity contribution < 1.29 is 23.5 Å². The van der Waals surface area contributed by atoms with E-state index in [4.69, 9.17) is 14.5 Å². The van der Waals surface area contributed by atoms with Crippen molar-refractivity contribution in [3.63, 3.8) is 0 Å². The first-order valence-electron chi connectivity index (χ1n) is 14.6. The average molecular weight is 566 g/mol. The number of nitrogens with zero attached hydrogens (tertiary/aromatic N) is 3. The smallest absolute Gasteiger partial charge is 0.335 e. The molecule has 0 saturated heterocycles. The average Bonchev–Trinajstić information content (AvgIpc) is 3.36. The Balaban J connectivity index is 1.56. The maximum atomic E-state index is 13.6. The van der Waals surface area contributed by atoms with Gasteiger partial charge in [-0.05, 0) is 81.8 Å². The fourth-order valence-electron chi connectivity index (χ4n) is 6.97. The largest absolute Gasteiger partial charge is 0.469 e. The molecule has 4 rings (SSSR count). The van der Waals surface area contributed by atoms with E-state index < -0.39 is 11.5 Å². The summed E-state index contributed by atoms with van der Waals surface area (Å²) < 4.78 is 23.9. The number of esters is 2. The molecule has 4 unspecified atom stereocenters. The monoisotopic (exact) mass is 565 g/mol. The summed E-state index contributed by atoms with van der Waals surface area (Å²) in [4.78, 5) is 34.9. The lowest BCUT2D eigenvalue weighted by atomic mass is 9.72. The molecule has 0 bridgehead atoms. The molecule has 2 aromatic rings. The van der Waals surface area contributed by atoms with Crippen LogP contribution in [-0.4, -0.2) is 68.0 Å². The second kappa shape index (κ2) is 13.6. The molecule has 2 aromatic carbocycles. The molecule has 0 aromatic heterocycles.